The van der Waals surface area contributed by atoms with E-state index >= 15 is 0 Å². The molecular formula is C15H17BrN2OS2. The van der Waals surface area contributed by atoms with Crippen LogP contribution < -0.4 is 0 Å². The summed E-state index contributed by atoms with van der Waals surface area (Å²) in [6.45, 7) is 1.63. The first-order valence-electron chi connectivity index (χ1n) is 6.63. The van der Waals surface area contributed by atoms with Crippen LogP contribution in [0.2, 0.25) is 0 Å². The first-order valence-corrected chi connectivity index (χ1v) is 8.65. The van der Waals surface area contributed by atoms with Crippen molar-refractivity contribution in [1.29, 1.82) is 0 Å². The molecule has 1 aliphatic heterocycles. The van der Waals surface area contributed by atoms with Crippen molar-refractivity contribution in [2.24, 2.45) is 0 Å². The molecule has 3 nitrogen and oxygen atoms in total. The van der Waals surface area contributed by atoms with E-state index in [1.165, 1.54) is 11.8 Å². The number of amides is 1. The topological polar surface area (TPSA) is 23.6 Å². The van der Waals surface area contributed by atoms with E-state index in [4.69, 9.17) is 12.2 Å². The Labute approximate surface area is 143 Å². The average molecular weight is 385 g/mol. The molecule has 0 atom stereocenters. The van der Waals surface area contributed by atoms with Crippen LogP contribution in [0.1, 0.15) is 12.0 Å². The molecule has 1 fully saturated rings. The van der Waals surface area contributed by atoms with Gasteiger partial charge in [0.1, 0.15) is 4.32 Å². The normalized spacial score (nSPS) is 17.3. The number of carbonyl (C=O) groups excluding carboxylic acids is 1. The minimum Gasteiger partial charge on any atom is -0.309 e. The van der Waals surface area contributed by atoms with Gasteiger partial charge in [0.25, 0.3) is 5.91 Å². The van der Waals surface area contributed by atoms with Crippen LogP contribution in [0.25, 0.3) is 6.08 Å². The fraction of sp³-hybridized carbons (Fsp3) is 0.333. The Morgan fingerprint density at radius 3 is 2.62 bits per heavy atom. The molecule has 0 N–H and O–H groups in total. The Morgan fingerprint density at radius 2 is 2.00 bits per heavy atom. The first kappa shape index (κ1) is 16.7. The van der Waals surface area contributed by atoms with Gasteiger partial charge in [0.2, 0.25) is 0 Å². The lowest BCUT2D eigenvalue weighted by molar-refractivity contribution is -0.122. The molecule has 2 rings (SSSR count). The standard InChI is InChI=1S/C15H17BrN2OS2/c1-17(2)8-3-9-18-14(19)13(21-15(18)20)10-11-4-6-12(16)7-5-11/h4-7,10H,3,8-9H2,1-2H3/b13-10-. The third-order valence-electron chi connectivity index (χ3n) is 3.03. The Bertz CT molecular complexity index is 570. The molecular weight excluding hydrogens is 368 g/mol. The van der Waals surface area contributed by atoms with E-state index in [2.05, 4.69) is 20.8 Å². The lowest BCUT2D eigenvalue weighted by atomic mass is 10.2. The van der Waals surface area contributed by atoms with Gasteiger partial charge in [-0.1, -0.05) is 52.0 Å². The van der Waals surface area contributed by atoms with Gasteiger partial charge < -0.3 is 4.90 Å². The van der Waals surface area contributed by atoms with E-state index in [-0.39, 0.29) is 5.91 Å². The van der Waals surface area contributed by atoms with E-state index in [9.17, 15) is 4.79 Å². The van der Waals surface area contributed by atoms with Crippen LogP contribution in [-0.4, -0.2) is 47.2 Å². The molecule has 6 heteroatoms. The van der Waals surface area contributed by atoms with E-state index in [0.717, 1.165) is 23.0 Å². The fourth-order valence-corrected chi connectivity index (χ4v) is 3.52. The zero-order valence-electron chi connectivity index (χ0n) is 12.0. The minimum atomic E-state index is 0.0201. The summed E-state index contributed by atoms with van der Waals surface area (Å²) in [4.78, 5) is 16.9. The van der Waals surface area contributed by atoms with Crippen molar-refractivity contribution in [2.75, 3.05) is 27.2 Å². The van der Waals surface area contributed by atoms with E-state index < -0.39 is 0 Å². The maximum Gasteiger partial charge on any atom is 0.266 e. The van der Waals surface area contributed by atoms with Gasteiger partial charge in [0.15, 0.2) is 0 Å². The van der Waals surface area contributed by atoms with Crippen LogP contribution in [-0.2, 0) is 4.79 Å². The lowest BCUT2D eigenvalue weighted by Crippen LogP contribution is -2.30. The summed E-state index contributed by atoms with van der Waals surface area (Å²) < 4.78 is 1.68. The number of carbonyl (C=O) groups is 1. The smallest absolute Gasteiger partial charge is 0.266 e. The highest BCUT2D eigenvalue weighted by atomic mass is 79.9. The van der Waals surface area contributed by atoms with Crippen molar-refractivity contribution in [2.45, 2.75) is 6.42 Å². The van der Waals surface area contributed by atoms with Crippen LogP contribution in [0.4, 0.5) is 0 Å². The number of halogens is 1. The highest BCUT2D eigenvalue weighted by Gasteiger charge is 2.31. The molecule has 1 saturated heterocycles. The van der Waals surface area contributed by atoms with Crippen molar-refractivity contribution < 1.29 is 4.79 Å². The Balaban J connectivity index is 2.05. The van der Waals surface area contributed by atoms with E-state index in [0.29, 0.717) is 15.8 Å². The van der Waals surface area contributed by atoms with Crippen LogP contribution in [0.3, 0.4) is 0 Å². The van der Waals surface area contributed by atoms with Gasteiger partial charge in [-0.25, -0.2) is 0 Å². The van der Waals surface area contributed by atoms with Crippen LogP contribution in [0.15, 0.2) is 33.6 Å². The van der Waals surface area contributed by atoms with Crippen molar-refractivity contribution in [3.63, 3.8) is 0 Å². The molecule has 1 heterocycles. The number of thioether (sulfide) groups is 1. The molecule has 0 spiro atoms. The average Bonchev–Trinajstić information content (AvgIpc) is 2.68. The van der Waals surface area contributed by atoms with Gasteiger partial charge in [-0.05, 0) is 50.8 Å². The Hall–Kier alpha value is -0.690. The Kier molecular flexibility index (Phi) is 5.98. The second kappa shape index (κ2) is 7.54. The summed E-state index contributed by atoms with van der Waals surface area (Å²) in [5.74, 6) is 0.0201. The Morgan fingerprint density at radius 1 is 1.33 bits per heavy atom. The number of nitrogens with zero attached hydrogens (tertiary/aromatic N) is 2. The molecule has 1 aromatic rings. The summed E-state index contributed by atoms with van der Waals surface area (Å²) >= 11 is 10.1. The monoisotopic (exact) mass is 384 g/mol. The highest BCUT2D eigenvalue weighted by molar-refractivity contribution is 9.10. The van der Waals surface area contributed by atoms with Gasteiger partial charge >= 0.3 is 0 Å². The molecule has 0 radical (unpaired) electrons. The first-order chi connectivity index (χ1) is 9.97. The van der Waals surface area contributed by atoms with E-state index in [1.807, 2.05) is 44.4 Å². The quantitative estimate of drug-likeness (QED) is 0.571. The second-order valence-corrected chi connectivity index (χ2v) is 7.63. The third kappa shape index (κ3) is 4.64. The molecule has 0 aliphatic carbocycles. The van der Waals surface area contributed by atoms with Crippen molar-refractivity contribution >= 4 is 56.2 Å². The summed E-state index contributed by atoms with van der Waals surface area (Å²) in [6.07, 6.45) is 2.82. The molecule has 0 unspecified atom stereocenters. The largest absolute Gasteiger partial charge is 0.309 e. The molecule has 21 heavy (non-hydrogen) atoms. The van der Waals surface area contributed by atoms with Gasteiger partial charge in [-0.2, -0.15) is 0 Å². The van der Waals surface area contributed by atoms with Crippen molar-refractivity contribution in [3.05, 3.63) is 39.2 Å². The number of hydrogen-bond donors (Lipinski definition) is 0. The van der Waals surface area contributed by atoms with Crippen LogP contribution in [0.5, 0.6) is 0 Å². The SMILES string of the molecule is CN(C)CCCN1C(=O)/C(=C/c2ccc(Br)cc2)SC1=S. The summed E-state index contributed by atoms with van der Waals surface area (Å²) in [6, 6.07) is 7.87. The molecule has 1 aromatic carbocycles. The van der Waals surface area contributed by atoms with Gasteiger partial charge in [0.05, 0.1) is 4.91 Å². The fourth-order valence-electron chi connectivity index (χ4n) is 1.95. The zero-order chi connectivity index (χ0) is 15.4. The van der Waals surface area contributed by atoms with Crippen LogP contribution >= 0.6 is 39.9 Å². The number of rotatable bonds is 5. The molecule has 1 amide bonds. The zero-order valence-corrected chi connectivity index (χ0v) is 15.2. The van der Waals surface area contributed by atoms with E-state index in [1.54, 1.807) is 4.90 Å². The predicted octanol–water partition coefficient (Wildman–Crippen LogP) is 3.60. The predicted molar refractivity (Wildman–Crippen MR) is 97.2 cm³/mol. The van der Waals surface area contributed by atoms with Gasteiger partial charge in [0, 0.05) is 11.0 Å². The lowest BCUT2D eigenvalue weighted by Gasteiger charge is -2.16. The summed E-state index contributed by atoms with van der Waals surface area (Å²) in [5, 5.41) is 0. The van der Waals surface area contributed by atoms with Crippen molar-refractivity contribution in [3.8, 4) is 0 Å². The molecule has 0 aromatic heterocycles. The van der Waals surface area contributed by atoms with Crippen LogP contribution in [0, 0.1) is 0 Å². The van der Waals surface area contributed by atoms with Gasteiger partial charge in [-0.15, -0.1) is 0 Å². The van der Waals surface area contributed by atoms with Crippen molar-refractivity contribution in [1.82, 2.24) is 9.80 Å². The molecule has 0 bridgehead atoms. The third-order valence-corrected chi connectivity index (χ3v) is 4.93. The summed E-state index contributed by atoms with van der Waals surface area (Å²) in [5.41, 5.74) is 1.01. The number of hydrogen-bond acceptors (Lipinski definition) is 4. The number of thiocarbonyl (C=S) groups is 1. The summed E-state index contributed by atoms with van der Waals surface area (Å²) in [7, 11) is 4.05. The maximum absolute atomic E-state index is 12.4. The minimum absolute atomic E-state index is 0.0201. The van der Waals surface area contributed by atoms with Gasteiger partial charge in [-0.3, -0.25) is 9.69 Å². The highest BCUT2D eigenvalue weighted by Crippen LogP contribution is 2.32. The molecule has 112 valence electrons. The molecule has 0 saturated carbocycles. The number of benzene rings is 1. The maximum atomic E-state index is 12.4. The second-order valence-electron chi connectivity index (χ2n) is 5.04. The molecule has 1 aliphatic rings.